The third-order valence-corrected chi connectivity index (χ3v) is 3.78. The number of rotatable bonds is 3. The number of hydrogen-bond acceptors (Lipinski definition) is 4. The molecule has 0 aliphatic carbocycles. The Labute approximate surface area is 123 Å². The third-order valence-electron chi connectivity index (χ3n) is 3.78. The van der Waals surface area contributed by atoms with E-state index in [-0.39, 0.29) is 6.09 Å². The highest BCUT2D eigenvalue weighted by Crippen LogP contribution is 2.25. The molecule has 1 fully saturated rings. The van der Waals surface area contributed by atoms with E-state index in [0.717, 1.165) is 24.2 Å². The Balaban J connectivity index is 1.47. The van der Waals surface area contributed by atoms with Crippen molar-refractivity contribution in [1.82, 2.24) is 20.1 Å². The average Bonchev–Trinajstić information content (AvgIpc) is 3.08. The molecular formula is C15H18N4O2. The lowest BCUT2D eigenvalue weighted by Crippen LogP contribution is -2.38. The maximum atomic E-state index is 12.0. The SMILES string of the molecule is O=C(OCc1ccccc1)N1CCC(c2nnc[nH]2)CC1. The van der Waals surface area contributed by atoms with Gasteiger partial charge in [-0.15, -0.1) is 10.2 Å². The first kappa shape index (κ1) is 13.6. The molecule has 0 atom stereocenters. The number of H-pyrrole nitrogens is 1. The van der Waals surface area contributed by atoms with Crippen LogP contribution >= 0.6 is 0 Å². The summed E-state index contributed by atoms with van der Waals surface area (Å²) in [4.78, 5) is 16.8. The zero-order chi connectivity index (χ0) is 14.5. The molecule has 1 saturated heterocycles. The predicted molar refractivity (Wildman–Crippen MR) is 76.6 cm³/mol. The summed E-state index contributed by atoms with van der Waals surface area (Å²) >= 11 is 0. The maximum absolute atomic E-state index is 12.0. The van der Waals surface area contributed by atoms with Crippen LogP contribution < -0.4 is 0 Å². The molecule has 0 unspecified atom stereocenters. The molecule has 1 aromatic carbocycles. The molecule has 1 aliphatic heterocycles. The van der Waals surface area contributed by atoms with Crippen molar-refractivity contribution in [2.75, 3.05) is 13.1 Å². The van der Waals surface area contributed by atoms with Crippen LogP contribution in [-0.2, 0) is 11.3 Å². The minimum atomic E-state index is -0.241. The molecule has 0 radical (unpaired) electrons. The highest BCUT2D eigenvalue weighted by atomic mass is 16.6. The number of nitrogens with one attached hydrogen (secondary N) is 1. The van der Waals surface area contributed by atoms with E-state index >= 15 is 0 Å². The van der Waals surface area contributed by atoms with E-state index in [2.05, 4.69) is 15.2 Å². The van der Waals surface area contributed by atoms with E-state index in [9.17, 15) is 4.79 Å². The Morgan fingerprint density at radius 3 is 2.71 bits per heavy atom. The summed E-state index contributed by atoms with van der Waals surface area (Å²) in [6.07, 6.45) is 3.12. The number of piperidine rings is 1. The molecule has 1 aliphatic rings. The van der Waals surface area contributed by atoms with Crippen molar-refractivity contribution in [3.63, 3.8) is 0 Å². The number of benzene rings is 1. The van der Waals surface area contributed by atoms with Crippen molar-refractivity contribution in [1.29, 1.82) is 0 Å². The highest BCUT2D eigenvalue weighted by molar-refractivity contribution is 5.67. The maximum Gasteiger partial charge on any atom is 0.410 e. The van der Waals surface area contributed by atoms with Crippen LogP contribution in [-0.4, -0.2) is 39.3 Å². The van der Waals surface area contributed by atoms with Crippen molar-refractivity contribution in [2.24, 2.45) is 0 Å². The lowest BCUT2D eigenvalue weighted by Gasteiger charge is -2.30. The third kappa shape index (κ3) is 3.39. The lowest BCUT2D eigenvalue weighted by molar-refractivity contribution is 0.0866. The fourth-order valence-corrected chi connectivity index (χ4v) is 2.56. The largest absolute Gasteiger partial charge is 0.445 e. The van der Waals surface area contributed by atoms with Crippen LogP contribution in [0.25, 0.3) is 0 Å². The van der Waals surface area contributed by atoms with Gasteiger partial charge < -0.3 is 14.6 Å². The minimum Gasteiger partial charge on any atom is -0.445 e. The zero-order valence-corrected chi connectivity index (χ0v) is 11.7. The van der Waals surface area contributed by atoms with Gasteiger partial charge in [0.05, 0.1) is 0 Å². The summed E-state index contributed by atoms with van der Waals surface area (Å²) in [5.74, 6) is 1.26. The summed E-state index contributed by atoms with van der Waals surface area (Å²) in [6, 6.07) is 9.71. The number of hydrogen-bond donors (Lipinski definition) is 1. The Hall–Kier alpha value is -2.37. The summed E-state index contributed by atoms with van der Waals surface area (Å²) in [5, 5.41) is 7.85. The number of carbonyl (C=O) groups excluding carboxylic acids is 1. The summed E-state index contributed by atoms with van der Waals surface area (Å²) in [6.45, 7) is 1.71. The Morgan fingerprint density at radius 1 is 1.29 bits per heavy atom. The molecule has 0 bridgehead atoms. The van der Waals surface area contributed by atoms with Crippen LogP contribution in [0.1, 0.15) is 30.1 Å². The fraction of sp³-hybridized carbons (Fsp3) is 0.400. The zero-order valence-electron chi connectivity index (χ0n) is 11.7. The number of nitrogens with zero attached hydrogens (tertiary/aromatic N) is 3. The van der Waals surface area contributed by atoms with Gasteiger partial charge in [0.25, 0.3) is 0 Å². The Bertz CT molecular complexity index is 563. The number of aromatic nitrogens is 3. The molecule has 2 heterocycles. The van der Waals surface area contributed by atoms with Gasteiger partial charge in [-0.05, 0) is 18.4 Å². The molecule has 110 valence electrons. The molecular weight excluding hydrogens is 268 g/mol. The molecule has 1 N–H and O–H groups in total. The smallest absolute Gasteiger partial charge is 0.410 e. The molecule has 0 spiro atoms. The number of likely N-dealkylation sites (tertiary alicyclic amines) is 1. The van der Waals surface area contributed by atoms with Crippen LogP contribution in [0.15, 0.2) is 36.7 Å². The first-order valence-electron chi connectivity index (χ1n) is 7.14. The van der Waals surface area contributed by atoms with Crippen molar-refractivity contribution in [3.8, 4) is 0 Å². The first-order chi connectivity index (χ1) is 10.3. The highest BCUT2D eigenvalue weighted by Gasteiger charge is 2.26. The average molecular weight is 286 g/mol. The topological polar surface area (TPSA) is 71.1 Å². The van der Waals surface area contributed by atoms with Crippen molar-refractivity contribution < 1.29 is 9.53 Å². The lowest BCUT2D eigenvalue weighted by atomic mass is 9.96. The van der Waals surface area contributed by atoms with Crippen LogP contribution in [0.4, 0.5) is 4.79 Å². The molecule has 21 heavy (non-hydrogen) atoms. The van der Waals surface area contributed by atoms with Crippen LogP contribution in [0.5, 0.6) is 0 Å². The summed E-state index contributed by atoms with van der Waals surface area (Å²) in [5.41, 5.74) is 1.00. The fourth-order valence-electron chi connectivity index (χ4n) is 2.56. The molecule has 2 aromatic rings. The number of aromatic amines is 1. The van der Waals surface area contributed by atoms with E-state index in [0.29, 0.717) is 25.6 Å². The van der Waals surface area contributed by atoms with Gasteiger partial charge in [-0.1, -0.05) is 30.3 Å². The Morgan fingerprint density at radius 2 is 2.05 bits per heavy atom. The van der Waals surface area contributed by atoms with Gasteiger partial charge in [-0.25, -0.2) is 4.79 Å². The van der Waals surface area contributed by atoms with E-state index < -0.39 is 0 Å². The van der Waals surface area contributed by atoms with E-state index in [1.165, 1.54) is 0 Å². The van der Waals surface area contributed by atoms with Crippen LogP contribution in [0.3, 0.4) is 0 Å². The molecule has 3 rings (SSSR count). The standard InChI is InChI=1S/C15H18N4O2/c20-15(21-10-12-4-2-1-3-5-12)19-8-6-13(7-9-19)14-16-11-17-18-14/h1-5,11,13H,6-10H2,(H,16,17,18). The van der Waals surface area contributed by atoms with E-state index in [1.54, 1.807) is 11.2 Å². The predicted octanol–water partition coefficient (Wildman–Crippen LogP) is 2.32. The van der Waals surface area contributed by atoms with Gasteiger partial charge >= 0.3 is 6.09 Å². The minimum absolute atomic E-state index is 0.241. The molecule has 6 heteroatoms. The van der Waals surface area contributed by atoms with Crippen molar-refractivity contribution in [3.05, 3.63) is 48.0 Å². The Kier molecular flexibility index (Phi) is 4.14. The quantitative estimate of drug-likeness (QED) is 0.940. The van der Waals surface area contributed by atoms with E-state index in [1.807, 2.05) is 30.3 Å². The molecule has 1 amide bonds. The van der Waals surface area contributed by atoms with Gasteiger partial charge in [0.1, 0.15) is 18.8 Å². The van der Waals surface area contributed by atoms with Gasteiger partial charge in [-0.3, -0.25) is 0 Å². The van der Waals surface area contributed by atoms with Gasteiger partial charge in [-0.2, -0.15) is 0 Å². The summed E-state index contributed by atoms with van der Waals surface area (Å²) < 4.78 is 5.34. The summed E-state index contributed by atoms with van der Waals surface area (Å²) in [7, 11) is 0. The second-order valence-electron chi connectivity index (χ2n) is 5.18. The van der Waals surface area contributed by atoms with Crippen molar-refractivity contribution in [2.45, 2.75) is 25.4 Å². The number of ether oxygens (including phenoxy) is 1. The molecule has 0 saturated carbocycles. The van der Waals surface area contributed by atoms with Gasteiger partial charge in [0.2, 0.25) is 0 Å². The van der Waals surface area contributed by atoms with Gasteiger partial charge in [0, 0.05) is 19.0 Å². The number of carbonyl (C=O) groups is 1. The van der Waals surface area contributed by atoms with Crippen LogP contribution in [0, 0.1) is 0 Å². The number of amides is 1. The molecule has 1 aromatic heterocycles. The van der Waals surface area contributed by atoms with E-state index in [4.69, 9.17) is 4.74 Å². The molecule has 6 nitrogen and oxygen atoms in total. The second kappa shape index (κ2) is 6.39. The van der Waals surface area contributed by atoms with Crippen molar-refractivity contribution >= 4 is 6.09 Å². The van der Waals surface area contributed by atoms with Crippen LogP contribution in [0.2, 0.25) is 0 Å². The monoisotopic (exact) mass is 286 g/mol. The van der Waals surface area contributed by atoms with Gasteiger partial charge in [0.15, 0.2) is 0 Å². The second-order valence-corrected chi connectivity index (χ2v) is 5.18. The first-order valence-corrected chi connectivity index (χ1v) is 7.14. The normalized spacial score (nSPS) is 15.9.